The predicted molar refractivity (Wildman–Crippen MR) is 104 cm³/mol. The van der Waals surface area contributed by atoms with Crippen molar-refractivity contribution in [1.82, 2.24) is 15.0 Å². The van der Waals surface area contributed by atoms with E-state index in [-0.39, 0.29) is 24.3 Å². The largest absolute Gasteiger partial charge is 0.486 e. The van der Waals surface area contributed by atoms with E-state index in [1.54, 1.807) is 22.9 Å². The Morgan fingerprint density at radius 2 is 1.90 bits per heavy atom. The minimum absolute atomic E-state index is 0.171. The maximum Gasteiger partial charge on any atom is 0.278 e. The molecule has 9 heteroatoms. The van der Waals surface area contributed by atoms with E-state index < -0.39 is 0 Å². The Balaban J connectivity index is 1.32. The summed E-state index contributed by atoms with van der Waals surface area (Å²) in [6.07, 6.45) is -0.171. The lowest BCUT2D eigenvalue weighted by Gasteiger charge is -2.24. The third-order valence-electron chi connectivity index (χ3n) is 4.85. The van der Waals surface area contributed by atoms with E-state index >= 15 is 0 Å². The smallest absolute Gasteiger partial charge is 0.278 e. The highest BCUT2D eigenvalue weighted by atomic mass is 35.5. The first-order valence-electron chi connectivity index (χ1n) is 9.18. The number of carbonyl (C=O) groups excluding carboxylic acids is 1. The Morgan fingerprint density at radius 3 is 2.72 bits per heavy atom. The molecule has 3 aromatic rings. The molecule has 2 aliphatic rings. The second kappa shape index (κ2) is 7.38. The number of nitrogens with one attached hydrogen (secondary N) is 1. The molecule has 2 aromatic carbocycles. The van der Waals surface area contributed by atoms with Gasteiger partial charge < -0.3 is 19.5 Å². The molecule has 0 bridgehead atoms. The van der Waals surface area contributed by atoms with Gasteiger partial charge in [-0.1, -0.05) is 28.9 Å². The third-order valence-corrected chi connectivity index (χ3v) is 5.11. The van der Waals surface area contributed by atoms with Crippen LogP contribution in [0.2, 0.25) is 5.02 Å². The molecule has 148 valence electrons. The molecule has 1 aromatic heterocycles. The molecular formula is C20H17ClN4O4. The standard InChI is InChI=1S/C20H17ClN4O4/c21-13-3-1-12(2-4-13)18-10-25-15(11-29-18)19(23-24-25)20(26)22-14-5-6-16-17(9-14)28-8-7-27-16/h1-6,9,18H,7-8,10-11H2,(H,22,26)/t18-/m1/s1. The van der Waals surface area contributed by atoms with Crippen LogP contribution in [-0.2, 0) is 17.9 Å². The van der Waals surface area contributed by atoms with Crippen LogP contribution in [0.3, 0.4) is 0 Å². The number of fused-ring (bicyclic) bond motifs is 2. The number of hydrogen-bond donors (Lipinski definition) is 1. The van der Waals surface area contributed by atoms with Crippen LogP contribution >= 0.6 is 11.6 Å². The van der Waals surface area contributed by atoms with Gasteiger partial charge >= 0.3 is 0 Å². The zero-order valence-electron chi connectivity index (χ0n) is 15.3. The SMILES string of the molecule is O=C(Nc1ccc2c(c1)OCCO2)c1nnn2c1CO[C@@H](c1ccc(Cl)cc1)C2. The van der Waals surface area contributed by atoms with Crippen molar-refractivity contribution < 1.29 is 19.0 Å². The van der Waals surface area contributed by atoms with Gasteiger partial charge in [0.2, 0.25) is 0 Å². The number of ether oxygens (including phenoxy) is 3. The van der Waals surface area contributed by atoms with Gasteiger partial charge in [0, 0.05) is 16.8 Å². The number of rotatable bonds is 3. The van der Waals surface area contributed by atoms with Gasteiger partial charge in [0.1, 0.15) is 19.3 Å². The van der Waals surface area contributed by atoms with E-state index in [4.69, 9.17) is 25.8 Å². The highest BCUT2D eigenvalue weighted by Gasteiger charge is 2.28. The van der Waals surface area contributed by atoms with E-state index in [9.17, 15) is 4.79 Å². The third kappa shape index (κ3) is 3.52. The second-order valence-electron chi connectivity index (χ2n) is 6.73. The van der Waals surface area contributed by atoms with Crippen molar-refractivity contribution in [3.05, 3.63) is 64.4 Å². The number of halogens is 1. The molecule has 0 radical (unpaired) electrons. The summed E-state index contributed by atoms with van der Waals surface area (Å²) in [5.74, 6) is 0.918. The van der Waals surface area contributed by atoms with Gasteiger partial charge in [-0.15, -0.1) is 5.10 Å². The molecule has 0 saturated heterocycles. The van der Waals surface area contributed by atoms with Crippen molar-refractivity contribution in [3.8, 4) is 11.5 Å². The van der Waals surface area contributed by atoms with Crippen LogP contribution in [0.15, 0.2) is 42.5 Å². The van der Waals surface area contributed by atoms with Gasteiger partial charge in [-0.3, -0.25) is 4.79 Å². The fourth-order valence-corrected chi connectivity index (χ4v) is 3.50. The Morgan fingerprint density at radius 1 is 1.10 bits per heavy atom. The normalized spacial score (nSPS) is 17.5. The van der Waals surface area contributed by atoms with Gasteiger partial charge in [-0.05, 0) is 29.8 Å². The fraction of sp³-hybridized carbons (Fsp3) is 0.250. The lowest BCUT2D eigenvalue weighted by Crippen LogP contribution is -2.24. The molecule has 0 aliphatic carbocycles. The van der Waals surface area contributed by atoms with Crippen LogP contribution in [0.5, 0.6) is 11.5 Å². The zero-order valence-corrected chi connectivity index (χ0v) is 16.1. The number of benzene rings is 2. The molecule has 0 fully saturated rings. The van der Waals surface area contributed by atoms with Crippen LogP contribution in [0, 0.1) is 0 Å². The number of carbonyl (C=O) groups is 1. The van der Waals surface area contributed by atoms with E-state index in [0.717, 1.165) is 5.56 Å². The fourth-order valence-electron chi connectivity index (χ4n) is 3.38. The Labute approximate surface area is 171 Å². The van der Waals surface area contributed by atoms with Gasteiger partial charge in [0.15, 0.2) is 17.2 Å². The van der Waals surface area contributed by atoms with Gasteiger partial charge in [-0.2, -0.15) is 0 Å². The number of amides is 1. The first-order chi connectivity index (χ1) is 14.2. The van der Waals surface area contributed by atoms with Crippen molar-refractivity contribution in [2.75, 3.05) is 18.5 Å². The molecule has 0 spiro atoms. The first-order valence-corrected chi connectivity index (χ1v) is 9.55. The van der Waals surface area contributed by atoms with E-state index in [2.05, 4.69) is 15.6 Å². The summed E-state index contributed by atoms with van der Waals surface area (Å²) >= 11 is 5.95. The molecule has 1 N–H and O–H groups in total. The molecule has 2 aliphatic heterocycles. The van der Waals surface area contributed by atoms with Crippen molar-refractivity contribution in [1.29, 1.82) is 0 Å². The molecule has 5 rings (SSSR count). The van der Waals surface area contributed by atoms with Gasteiger partial charge in [0.05, 0.1) is 18.8 Å². The summed E-state index contributed by atoms with van der Waals surface area (Å²) in [4.78, 5) is 12.7. The zero-order chi connectivity index (χ0) is 19.8. The van der Waals surface area contributed by atoms with Crippen molar-refractivity contribution in [3.63, 3.8) is 0 Å². The van der Waals surface area contributed by atoms with Crippen molar-refractivity contribution in [2.45, 2.75) is 19.3 Å². The second-order valence-corrected chi connectivity index (χ2v) is 7.17. The van der Waals surface area contributed by atoms with Crippen LogP contribution in [0.4, 0.5) is 5.69 Å². The minimum Gasteiger partial charge on any atom is -0.486 e. The molecule has 3 heterocycles. The van der Waals surface area contributed by atoms with Crippen molar-refractivity contribution in [2.24, 2.45) is 0 Å². The molecule has 0 unspecified atom stereocenters. The number of nitrogens with zero attached hydrogens (tertiary/aromatic N) is 3. The van der Waals surface area contributed by atoms with Gasteiger partial charge in [0.25, 0.3) is 5.91 Å². The quantitative estimate of drug-likeness (QED) is 0.710. The Kier molecular flexibility index (Phi) is 4.57. The first kappa shape index (κ1) is 18.0. The Hall–Kier alpha value is -3.10. The average Bonchev–Trinajstić information content (AvgIpc) is 3.17. The van der Waals surface area contributed by atoms with Crippen molar-refractivity contribution >= 4 is 23.2 Å². The number of anilines is 1. The molecule has 0 saturated carbocycles. The summed E-state index contributed by atoms with van der Waals surface area (Å²) in [5, 5.41) is 11.7. The molecule has 1 amide bonds. The monoisotopic (exact) mass is 412 g/mol. The maximum absolute atomic E-state index is 12.7. The van der Waals surface area contributed by atoms with E-state index in [0.29, 0.717) is 47.7 Å². The molecule has 1 atom stereocenters. The summed E-state index contributed by atoms with van der Waals surface area (Å²) in [6.45, 7) is 1.71. The predicted octanol–water partition coefficient (Wildman–Crippen LogP) is 3.23. The maximum atomic E-state index is 12.7. The lowest BCUT2D eigenvalue weighted by atomic mass is 10.1. The molecule has 8 nitrogen and oxygen atoms in total. The molecule has 29 heavy (non-hydrogen) atoms. The number of aromatic nitrogens is 3. The summed E-state index contributed by atoms with van der Waals surface area (Å²) < 4.78 is 18.7. The Bertz CT molecular complexity index is 1070. The summed E-state index contributed by atoms with van der Waals surface area (Å²) in [7, 11) is 0. The van der Waals surface area contributed by atoms with Crippen LogP contribution < -0.4 is 14.8 Å². The summed E-state index contributed by atoms with van der Waals surface area (Å²) in [6, 6.07) is 12.7. The topological polar surface area (TPSA) is 87.5 Å². The van der Waals surface area contributed by atoms with Crippen LogP contribution in [0.1, 0.15) is 27.8 Å². The highest BCUT2D eigenvalue weighted by Crippen LogP contribution is 2.33. The summed E-state index contributed by atoms with van der Waals surface area (Å²) in [5.41, 5.74) is 2.48. The number of hydrogen-bond acceptors (Lipinski definition) is 6. The van der Waals surface area contributed by atoms with Crippen LogP contribution in [0.25, 0.3) is 0 Å². The average molecular weight is 413 g/mol. The minimum atomic E-state index is -0.350. The van der Waals surface area contributed by atoms with E-state index in [1.165, 1.54) is 0 Å². The van der Waals surface area contributed by atoms with Gasteiger partial charge in [-0.25, -0.2) is 4.68 Å². The highest BCUT2D eigenvalue weighted by molar-refractivity contribution is 6.30. The van der Waals surface area contributed by atoms with E-state index in [1.807, 2.05) is 24.3 Å². The lowest BCUT2D eigenvalue weighted by molar-refractivity contribution is -0.00171. The van der Waals surface area contributed by atoms with Crippen LogP contribution in [-0.4, -0.2) is 34.1 Å². The molecular weight excluding hydrogens is 396 g/mol.